The summed E-state index contributed by atoms with van der Waals surface area (Å²) in [6.45, 7) is 0. The van der Waals surface area contributed by atoms with Crippen LogP contribution < -0.4 is 5.32 Å². The van der Waals surface area contributed by atoms with Crippen molar-refractivity contribution in [3.63, 3.8) is 0 Å². The smallest absolute Gasteiger partial charge is 0.224 e. The number of anilines is 1. The molecule has 2 nitrogen and oxygen atoms in total. The van der Waals surface area contributed by atoms with E-state index in [4.69, 9.17) is 0 Å². The van der Waals surface area contributed by atoms with E-state index >= 15 is 0 Å². The van der Waals surface area contributed by atoms with Gasteiger partial charge in [-0.25, -0.2) is 8.78 Å². The van der Waals surface area contributed by atoms with E-state index < -0.39 is 11.6 Å². The van der Waals surface area contributed by atoms with Gasteiger partial charge in [0.1, 0.15) is 11.6 Å². The van der Waals surface area contributed by atoms with Gasteiger partial charge in [-0.1, -0.05) is 34.1 Å². The third-order valence-electron chi connectivity index (χ3n) is 3.55. The third-order valence-corrected chi connectivity index (χ3v) is 4.57. The summed E-state index contributed by atoms with van der Waals surface area (Å²) in [5, 5.41) is 2.81. The highest BCUT2D eigenvalue weighted by atomic mass is 79.9. The highest BCUT2D eigenvalue weighted by Gasteiger charge is 2.19. The van der Waals surface area contributed by atoms with E-state index in [-0.39, 0.29) is 10.7 Å². The van der Waals surface area contributed by atoms with Crippen LogP contribution in [0.25, 0.3) is 0 Å². The lowest BCUT2D eigenvalue weighted by Gasteiger charge is -2.19. The van der Waals surface area contributed by atoms with E-state index in [1.54, 1.807) is 0 Å². The molecule has 1 N–H and O–H groups in total. The van der Waals surface area contributed by atoms with E-state index in [0.29, 0.717) is 18.4 Å². The van der Waals surface area contributed by atoms with Gasteiger partial charge in [-0.2, -0.15) is 0 Å². The van der Waals surface area contributed by atoms with Crippen molar-refractivity contribution in [1.82, 2.24) is 0 Å². The van der Waals surface area contributed by atoms with Gasteiger partial charge >= 0.3 is 0 Å². The second-order valence-corrected chi connectivity index (χ2v) is 5.91. The van der Waals surface area contributed by atoms with Crippen LogP contribution in [0.15, 0.2) is 36.4 Å². The Morgan fingerprint density at radius 3 is 2.67 bits per heavy atom. The van der Waals surface area contributed by atoms with Crippen LogP contribution >= 0.6 is 15.9 Å². The lowest BCUT2D eigenvalue weighted by atomic mass is 9.97. The molecule has 0 bridgehead atoms. The van der Waals surface area contributed by atoms with E-state index in [0.717, 1.165) is 22.9 Å². The summed E-state index contributed by atoms with van der Waals surface area (Å²) in [5.41, 5.74) is 3.08. The molecule has 0 aliphatic carbocycles. The highest BCUT2D eigenvalue weighted by Crippen LogP contribution is 2.35. The van der Waals surface area contributed by atoms with Crippen molar-refractivity contribution in [2.75, 3.05) is 5.32 Å². The van der Waals surface area contributed by atoms with Gasteiger partial charge < -0.3 is 5.32 Å². The molecule has 0 fully saturated rings. The quantitative estimate of drug-likeness (QED) is 0.801. The maximum atomic E-state index is 13.8. The van der Waals surface area contributed by atoms with Gasteiger partial charge in [-0.05, 0) is 29.7 Å². The molecule has 1 unspecified atom stereocenters. The normalized spacial score (nSPS) is 15.3. The summed E-state index contributed by atoms with van der Waals surface area (Å²) in [7, 11) is 0. The molecular weight excluding hydrogens is 340 g/mol. The first kappa shape index (κ1) is 14.2. The molecule has 0 spiro atoms. The number of carbonyl (C=O) groups excluding carboxylic acids is 1. The molecule has 108 valence electrons. The van der Waals surface area contributed by atoms with Crippen LogP contribution in [0.5, 0.6) is 0 Å². The zero-order valence-corrected chi connectivity index (χ0v) is 12.6. The first-order valence-electron chi connectivity index (χ1n) is 6.56. The highest BCUT2D eigenvalue weighted by molar-refractivity contribution is 9.09. The van der Waals surface area contributed by atoms with Gasteiger partial charge in [0.25, 0.3) is 0 Å². The molecule has 0 saturated carbocycles. The number of nitrogens with one attached hydrogen (secondary N) is 1. The molecule has 1 aliphatic heterocycles. The van der Waals surface area contributed by atoms with Crippen LogP contribution in [0.3, 0.4) is 0 Å². The largest absolute Gasteiger partial charge is 0.326 e. The summed E-state index contributed by atoms with van der Waals surface area (Å²) < 4.78 is 26.8. The predicted molar refractivity (Wildman–Crippen MR) is 80.5 cm³/mol. The number of amides is 1. The Labute approximate surface area is 129 Å². The molecule has 0 radical (unpaired) electrons. The molecule has 0 saturated heterocycles. The minimum absolute atomic E-state index is 0.00946. The average Bonchev–Trinajstić information content (AvgIpc) is 2.46. The van der Waals surface area contributed by atoms with Gasteiger partial charge in [0.05, 0.1) is 4.83 Å². The van der Waals surface area contributed by atoms with Crippen molar-refractivity contribution in [2.45, 2.75) is 17.7 Å². The number of alkyl halides is 1. The molecule has 2 aromatic carbocycles. The Morgan fingerprint density at radius 2 is 1.90 bits per heavy atom. The second-order valence-electron chi connectivity index (χ2n) is 4.99. The topological polar surface area (TPSA) is 29.1 Å². The summed E-state index contributed by atoms with van der Waals surface area (Å²) in [6, 6.07) is 9.14. The summed E-state index contributed by atoms with van der Waals surface area (Å²) in [4.78, 5) is 11.0. The van der Waals surface area contributed by atoms with Crippen LogP contribution in [0.4, 0.5) is 14.5 Å². The summed E-state index contributed by atoms with van der Waals surface area (Å²) in [5.74, 6) is -1.16. The Balaban J connectivity index is 1.95. The van der Waals surface area contributed by atoms with E-state index in [1.165, 1.54) is 12.1 Å². The molecule has 1 aliphatic rings. The fourth-order valence-corrected chi connectivity index (χ4v) is 3.10. The van der Waals surface area contributed by atoms with Gasteiger partial charge in [0, 0.05) is 23.7 Å². The van der Waals surface area contributed by atoms with Gasteiger partial charge in [-0.3, -0.25) is 4.79 Å². The fourth-order valence-electron chi connectivity index (χ4n) is 2.45. The van der Waals surface area contributed by atoms with Crippen molar-refractivity contribution in [2.24, 2.45) is 0 Å². The number of hydrogen-bond donors (Lipinski definition) is 1. The molecule has 1 atom stereocenters. The SMILES string of the molecule is O=C1CCc2cc(C(Br)c3ccc(F)cc3F)ccc2N1. The van der Waals surface area contributed by atoms with E-state index in [1.807, 2.05) is 18.2 Å². The number of carbonyl (C=O) groups is 1. The van der Waals surface area contributed by atoms with Crippen LogP contribution in [0, 0.1) is 11.6 Å². The summed E-state index contributed by atoms with van der Waals surface area (Å²) >= 11 is 3.46. The number of rotatable bonds is 2. The molecule has 1 heterocycles. The lowest BCUT2D eigenvalue weighted by molar-refractivity contribution is -0.116. The monoisotopic (exact) mass is 351 g/mol. The Kier molecular flexibility index (Phi) is 3.76. The number of aryl methyl sites for hydroxylation is 1. The third kappa shape index (κ3) is 2.83. The number of halogens is 3. The first-order valence-corrected chi connectivity index (χ1v) is 7.48. The lowest BCUT2D eigenvalue weighted by Crippen LogP contribution is -2.19. The van der Waals surface area contributed by atoms with Gasteiger partial charge in [0.15, 0.2) is 0 Å². The molecule has 21 heavy (non-hydrogen) atoms. The Morgan fingerprint density at radius 1 is 1.10 bits per heavy atom. The first-order chi connectivity index (χ1) is 10.0. The zero-order valence-electron chi connectivity index (χ0n) is 11.0. The number of hydrogen-bond acceptors (Lipinski definition) is 1. The zero-order chi connectivity index (χ0) is 15.0. The maximum absolute atomic E-state index is 13.8. The molecule has 5 heteroatoms. The van der Waals surface area contributed by atoms with Crippen LogP contribution in [-0.2, 0) is 11.2 Å². The standard InChI is InChI=1S/C16H12BrF2NO/c17-16(12-4-3-11(18)8-13(12)19)10-1-5-14-9(7-10)2-6-15(21)20-14/h1,3-5,7-8,16H,2,6H2,(H,20,21). The molecular formula is C16H12BrF2NO. The number of fused-ring (bicyclic) bond motifs is 1. The van der Waals surface area contributed by atoms with Gasteiger partial charge in [0.2, 0.25) is 5.91 Å². The maximum Gasteiger partial charge on any atom is 0.224 e. The molecule has 3 rings (SSSR count). The van der Waals surface area contributed by atoms with Crippen molar-refractivity contribution in [3.05, 3.63) is 64.7 Å². The Hall–Kier alpha value is -1.75. The minimum atomic E-state index is -0.593. The van der Waals surface area contributed by atoms with Crippen molar-refractivity contribution >= 4 is 27.5 Å². The van der Waals surface area contributed by atoms with Crippen molar-refractivity contribution in [3.8, 4) is 0 Å². The predicted octanol–water partition coefficient (Wildman–Crippen LogP) is 4.33. The molecule has 2 aromatic rings. The van der Waals surface area contributed by atoms with Crippen molar-refractivity contribution < 1.29 is 13.6 Å². The van der Waals surface area contributed by atoms with E-state index in [2.05, 4.69) is 21.2 Å². The van der Waals surface area contributed by atoms with Gasteiger partial charge in [-0.15, -0.1) is 0 Å². The minimum Gasteiger partial charge on any atom is -0.326 e. The van der Waals surface area contributed by atoms with Crippen molar-refractivity contribution in [1.29, 1.82) is 0 Å². The molecule has 0 aromatic heterocycles. The molecule has 1 amide bonds. The Bertz CT molecular complexity index is 717. The van der Waals surface area contributed by atoms with Crippen LogP contribution in [0.2, 0.25) is 0 Å². The van der Waals surface area contributed by atoms with Crippen LogP contribution in [-0.4, -0.2) is 5.91 Å². The summed E-state index contributed by atoms with van der Waals surface area (Å²) in [6.07, 6.45) is 1.12. The van der Waals surface area contributed by atoms with E-state index in [9.17, 15) is 13.6 Å². The fraction of sp³-hybridized carbons (Fsp3) is 0.188. The second kappa shape index (κ2) is 5.56. The number of benzene rings is 2. The van der Waals surface area contributed by atoms with Crippen LogP contribution in [0.1, 0.15) is 27.9 Å². The average molecular weight is 352 g/mol.